The molecule has 0 aliphatic carbocycles. The Labute approximate surface area is 224 Å². The van der Waals surface area contributed by atoms with E-state index in [1.54, 1.807) is 30.4 Å². The molecule has 2 saturated heterocycles. The highest BCUT2D eigenvalue weighted by atomic mass is 32.2. The maximum absolute atomic E-state index is 13.4. The molecule has 3 unspecified atom stereocenters. The van der Waals surface area contributed by atoms with Crippen LogP contribution in [0, 0.1) is 0 Å². The van der Waals surface area contributed by atoms with Gasteiger partial charge in [0.1, 0.15) is 12.1 Å². The van der Waals surface area contributed by atoms with Crippen molar-refractivity contribution >= 4 is 41.4 Å². The van der Waals surface area contributed by atoms with Gasteiger partial charge in [-0.25, -0.2) is 4.79 Å². The summed E-state index contributed by atoms with van der Waals surface area (Å²) in [7, 11) is 0. The molecule has 2 fully saturated rings. The smallest absolute Gasteiger partial charge is 0.326 e. The third kappa shape index (κ3) is 8.84. The number of hydrogen-bond donors (Lipinski definition) is 4. The summed E-state index contributed by atoms with van der Waals surface area (Å²) < 4.78 is 5.14. The van der Waals surface area contributed by atoms with Gasteiger partial charge in [-0.3, -0.25) is 30.2 Å². The summed E-state index contributed by atoms with van der Waals surface area (Å²) >= 11 is 3.44. The molecule has 2 aliphatic rings. The molecule has 0 aromatic heterocycles. The van der Waals surface area contributed by atoms with Crippen LogP contribution in [-0.2, 0) is 30.4 Å². The molecule has 206 valence electrons. The highest BCUT2D eigenvalue weighted by molar-refractivity contribution is 8.21. The number of aliphatic carboxylic acids is 1. The number of nitrogens with one attached hydrogen (secondary N) is 1. The molecule has 4 N–H and O–H groups in total. The second-order valence-electron chi connectivity index (χ2n) is 9.06. The summed E-state index contributed by atoms with van der Waals surface area (Å²) in [6.07, 6.45) is 2.27. The number of rotatable bonds is 14. The summed E-state index contributed by atoms with van der Waals surface area (Å²) in [4.78, 5) is 44.2. The normalized spacial score (nSPS) is 20.3. The lowest BCUT2D eigenvalue weighted by atomic mass is 10.0. The number of amides is 1. The van der Waals surface area contributed by atoms with E-state index in [1.807, 2.05) is 30.3 Å². The molecule has 2 aliphatic heterocycles. The van der Waals surface area contributed by atoms with E-state index in [-0.39, 0.29) is 28.6 Å². The van der Waals surface area contributed by atoms with Crippen molar-refractivity contribution in [1.82, 2.24) is 15.6 Å². The van der Waals surface area contributed by atoms with Crippen LogP contribution in [0.2, 0.25) is 0 Å². The number of unbranched alkanes of at least 4 members (excludes halogenated alkanes) is 1. The molecule has 13 heteroatoms. The van der Waals surface area contributed by atoms with Crippen molar-refractivity contribution in [3.05, 3.63) is 35.9 Å². The lowest BCUT2D eigenvalue weighted by Crippen LogP contribution is -2.53. The first-order valence-electron chi connectivity index (χ1n) is 12.3. The Kier molecular flexibility index (Phi) is 11.5. The van der Waals surface area contributed by atoms with E-state index in [2.05, 4.69) is 10.2 Å². The topological polar surface area (TPSA) is 149 Å². The van der Waals surface area contributed by atoms with Gasteiger partial charge >= 0.3 is 11.9 Å². The minimum atomic E-state index is -1.01. The second kappa shape index (κ2) is 14.3. The SMILES string of the molecule is CC(NC(CCc1ccccc1)C(=O)OCCCCON(O)O)C(=O)N1CC2(CC1C(=O)O)SCCS2. The van der Waals surface area contributed by atoms with Gasteiger partial charge in [-0.15, -0.1) is 23.5 Å². The highest BCUT2D eigenvalue weighted by Crippen LogP contribution is 2.51. The molecule has 3 atom stereocenters. The van der Waals surface area contributed by atoms with Gasteiger partial charge in [0.25, 0.3) is 0 Å². The number of nitrogens with zero attached hydrogens (tertiary/aromatic N) is 2. The molecule has 0 bridgehead atoms. The molecule has 11 nitrogen and oxygen atoms in total. The number of aryl methyl sites for hydroxylation is 1. The van der Waals surface area contributed by atoms with Crippen molar-refractivity contribution in [2.75, 3.05) is 31.3 Å². The summed E-state index contributed by atoms with van der Waals surface area (Å²) in [5.74, 6) is 0.0107. The lowest BCUT2D eigenvalue weighted by Gasteiger charge is -2.28. The maximum Gasteiger partial charge on any atom is 0.326 e. The summed E-state index contributed by atoms with van der Waals surface area (Å²) in [5.41, 5.74) is 1.04. The number of carboxylic acids is 1. The summed E-state index contributed by atoms with van der Waals surface area (Å²) in [5, 5.41) is 29.6. The fourth-order valence-corrected chi connectivity index (χ4v) is 7.72. The number of benzene rings is 1. The number of ether oxygens (including phenoxy) is 1. The Bertz CT molecular complexity index is 901. The molecule has 2 heterocycles. The average molecular weight is 558 g/mol. The zero-order valence-electron chi connectivity index (χ0n) is 20.8. The third-order valence-corrected chi connectivity index (χ3v) is 9.76. The number of hydrogen-bond acceptors (Lipinski definition) is 11. The van der Waals surface area contributed by atoms with Gasteiger partial charge in [0, 0.05) is 24.5 Å². The molecule has 1 amide bonds. The first kappa shape index (κ1) is 29.7. The highest BCUT2D eigenvalue weighted by Gasteiger charge is 2.52. The van der Waals surface area contributed by atoms with E-state index in [0.29, 0.717) is 38.6 Å². The van der Waals surface area contributed by atoms with Gasteiger partial charge < -0.3 is 14.7 Å². The Morgan fingerprint density at radius 2 is 1.84 bits per heavy atom. The monoisotopic (exact) mass is 557 g/mol. The van der Waals surface area contributed by atoms with Crippen LogP contribution in [-0.4, -0.2) is 97.1 Å². The van der Waals surface area contributed by atoms with Crippen molar-refractivity contribution in [1.29, 1.82) is 0 Å². The van der Waals surface area contributed by atoms with Crippen molar-refractivity contribution < 1.29 is 39.5 Å². The van der Waals surface area contributed by atoms with E-state index in [1.165, 1.54) is 4.90 Å². The summed E-state index contributed by atoms with van der Waals surface area (Å²) in [6.45, 7) is 2.17. The van der Waals surface area contributed by atoms with Crippen LogP contribution >= 0.6 is 23.5 Å². The Hall–Kier alpha value is -1.87. The molecule has 1 aromatic rings. The molecule has 37 heavy (non-hydrogen) atoms. The van der Waals surface area contributed by atoms with Crippen molar-refractivity contribution in [3.8, 4) is 0 Å². The minimum absolute atomic E-state index is 0.0460. The quantitative estimate of drug-likeness (QED) is 0.151. The first-order chi connectivity index (χ1) is 17.7. The van der Waals surface area contributed by atoms with Crippen molar-refractivity contribution in [3.63, 3.8) is 0 Å². The molecule has 1 spiro atoms. The maximum atomic E-state index is 13.4. The first-order valence-corrected chi connectivity index (χ1v) is 14.3. The fraction of sp³-hybridized carbons (Fsp3) is 0.625. The number of carbonyl (C=O) groups excluding carboxylic acids is 2. The van der Waals surface area contributed by atoms with Crippen LogP contribution in [0.5, 0.6) is 0 Å². The third-order valence-electron chi connectivity index (χ3n) is 6.33. The van der Waals surface area contributed by atoms with E-state index in [9.17, 15) is 19.5 Å². The number of likely N-dealkylation sites (tertiary alicyclic amines) is 1. The molecule has 0 radical (unpaired) electrons. The second-order valence-corrected chi connectivity index (χ2v) is 12.3. The van der Waals surface area contributed by atoms with Crippen molar-refractivity contribution in [2.45, 2.75) is 61.2 Å². The predicted molar refractivity (Wildman–Crippen MR) is 138 cm³/mol. The number of carboxylic acid groups (broad SMARTS) is 1. The molecular formula is C24H35N3O8S2. The zero-order valence-corrected chi connectivity index (χ0v) is 22.4. The van der Waals surface area contributed by atoms with E-state index in [4.69, 9.17) is 15.2 Å². The average Bonchev–Trinajstić information content (AvgIpc) is 3.50. The molecule has 1 aromatic carbocycles. The van der Waals surface area contributed by atoms with Gasteiger partial charge in [-0.2, -0.15) is 0 Å². The van der Waals surface area contributed by atoms with E-state index >= 15 is 0 Å². The fourth-order valence-electron chi connectivity index (χ4n) is 4.47. The molecular weight excluding hydrogens is 522 g/mol. The van der Waals surface area contributed by atoms with Crippen LogP contribution < -0.4 is 5.32 Å². The van der Waals surface area contributed by atoms with Gasteiger partial charge in [-0.05, 0) is 38.2 Å². The number of carbonyl (C=O) groups is 3. The van der Waals surface area contributed by atoms with Gasteiger partial charge in [-0.1, -0.05) is 30.3 Å². The van der Waals surface area contributed by atoms with Gasteiger partial charge in [0.05, 0.1) is 28.7 Å². The summed E-state index contributed by atoms with van der Waals surface area (Å²) in [6, 6.07) is 7.22. The van der Waals surface area contributed by atoms with Gasteiger partial charge in [0.15, 0.2) is 0 Å². The predicted octanol–water partition coefficient (Wildman–Crippen LogP) is 2.16. The largest absolute Gasteiger partial charge is 0.480 e. The van der Waals surface area contributed by atoms with Crippen LogP contribution in [0.3, 0.4) is 0 Å². The van der Waals surface area contributed by atoms with E-state index < -0.39 is 30.1 Å². The Balaban J connectivity index is 1.60. The van der Waals surface area contributed by atoms with Crippen LogP contribution in [0.4, 0.5) is 0 Å². The Morgan fingerprint density at radius 1 is 1.16 bits per heavy atom. The van der Waals surface area contributed by atoms with Crippen LogP contribution in [0.1, 0.15) is 38.2 Å². The molecule has 3 rings (SSSR count). The minimum Gasteiger partial charge on any atom is -0.480 e. The zero-order chi connectivity index (χ0) is 26.8. The number of thioether (sulfide) groups is 2. The lowest BCUT2D eigenvalue weighted by molar-refractivity contribution is -0.492. The number of esters is 1. The standard InChI is InChI=1S/C24H35N3O8S2/c1-17(21(28)26-16-24(36-13-14-37-24)15-20(26)22(29)30)25-19(10-9-18-7-3-2-4-8-18)23(31)34-11-5-6-12-35-27(32)33/h2-4,7-8,17,19-20,25,32-33H,5-6,9-16H2,1H3,(H,29,30). The Morgan fingerprint density at radius 3 is 2.49 bits per heavy atom. The van der Waals surface area contributed by atoms with E-state index in [0.717, 1.165) is 17.1 Å². The van der Waals surface area contributed by atoms with Gasteiger partial charge in [0.2, 0.25) is 5.91 Å². The van der Waals surface area contributed by atoms with Crippen LogP contribution in [0.15, 0.2) is 30.3 Å². The van der Waals surface area contributed by atoms with Crippen LogP contribution in [0.25, 0.3) is 0 Å². The van der Waals surface area contributed by atoms with Crippen molar-refractivity contribution in [2.24, 2.45) is 0 Å². The molecule has 0 saturated carbocycles.